The molecule has 0 aromatic heterocycles. The monoisotopic (exact) mass is 278 g/mol. The maximum atomic E-state index is 11.9. The molecule has 0 heterocycles. The number of aliphatic hydroxyl groups excluding tert-OH is 1. The third-order valence-corrected chi connectivity index (χ3v) is 3.83. The molecule has 100 valence electrons. The number of amides is 1. The highest BCUT2D eigenvalue weighted by atomic mass is 35.5. The van der Waals surface area contributed by atoms with Crippen LogP contribution in [0.5, 0.6) is 0 Å². The van der Waals surface area contributed by atoms with Crippen LogP contribution in [0.15, 0.2) is 24.3 Å². The minimum Gasteiger partial charge on any atom is -0.383 e. The van der Waals surface area contributed by atoms with E-state index < -0.39 is 17.6 Å². The van der Waals surface area contributed by atoms with E-state index in [1.54, 1.807) is 24.3 Å². The lowest BCUT2D eigenvalue weighted by molar-refractivity contribution is -0.131. The summed E-state index contributed by atoms with van der Waals surface area (Å²) in [7, 11) is 0. The number of carbonyl (C=O) groups is 1. The van der Waals surface area contributed by atoms with Crippen molar-refractivity contribution in [3.05, 3.63) is 34.9 Å². The Morgan fingerprint density at radius 3 is 2.74 bits per heavy atom. The van der Waals surface area contributed by atoms with E-state index in [1.165, 1.54) is 0 Å². The van der Waals surface area contributed by atoms with Gasteiger partial charge in [0.2, 0.25) is 5.91 Å². The molecule has 0 saturated heterocycles. The summed E-state index contributed by atoms with van der Waals surface area (Å²) < 4.78 is 0. The molecule has 4 nitrogen and oxygen atoms in total. The highest BCUT2D eigenvalue weighted by Gasteiger charge is 2.39. The van der Waals surface area contributed by atoms with Crippen LogP contribution >= 0.6 is 11.6 Å². The zero-order valence-electron chi connectivity index (χ0n) is 10.4. The number of carbonyl (C=O) groups excluding carboxylic acids is 1. The summed E-state index contributed by atoms with van der Waals surface area (Å²) >= 11 is 5.98. The van der Waals surface area contributed by atoms with E-state index in [1.807, 2.05) is 0 Å². The number of hydrogen-bond donors (Lipinski definition) is 2. The van der Waals surface area contributed by atoms with Crippen LogP contribution in [0.2, 0.25) is 5.02 Å². The van der Waals surface area contributed by atoms with Crippen LogP contribution in [0, 0.1) is 11.3 Å². The van der Waals surface area contributed by atoms with Crippen molar-refractivity contribution in [3.63, 3.8) is 0 Å². The highest BCUT2D eigenvalue weighted by molar-refractivity contribution is 6.31. The smallest absolute Gasteiger partial charge is 0.250 e. The minimum atomic E-state index is -1.19. The van der Waals surface area contributed by atoms with E-state index in [0.29, 0.717) is 23.4 Å². The zero-order chi connectivity index (χ0) is 13.9. The van der Waals surface area contributed by atoms with Crippen LogP contribution in [0.1, 0.15) is 24.8 Å². The van der Waals surface area contributed by atoms with Gasteiger partial charge in [-0.05, 0) is 30.9 Å². The number of nitriles is 1. The molecule has 2 rings (SSSR count). The maximum absolute atomic E-state index is 11.9. The molecule has 0 radical (unpaired) electrons. The van der Waals surface area contributed by atoms with Gasteiger partial charge in [-0.1, -0.05) is 29.8 Å². The standard InChI is InChI=1S/C14H15ClN2O2/c15-11-5-2-1-4-10(11)8-12(18)13(19)17-14(9-16)6-3-7-14/h1-2,4-5,12,18H,3,6-8H2,(H,17,19)/t12-/m1/s1. The van der Waals surface area contributed by atoms with Crippen LogP contribution in [0.3, 0.4) is 0 Å². The molecule has 1 saturated carbocycles. The Hall–Kier alpha value is -1.57. The van der Waals surface area contributed by atoms with Crippen molar-refractivity contribution in [3.8, 4) is 6.07 Å². The average molecular weight is 279 g/mol. The third kappa shape index (κ3) is 3.06. The quantitative estimate of drug-likeness (QED) is 0.882. The third-order valence-electron chi connectivity index (χ3n) is 3.46. The molecule has 1 aromatic rings. The number of nitrogens with zero attached hydrogens (tertiary/aromatic N) is 1. The van der Waals surface area contributed by atoms with E-state index in [-0.39, 0.29) is 6.42 Å². The number of nitrogens with one attached hydrogen (secondary N) is 1. The first-order valence-corrected chi connectivity index (χ1v) is 6.59. The first-order valence-electron chi connectivity index (χ1n) is 6.21. The van der Waals surface area contributed by atoms with E-state index >= 15 is 0 Å². The summed E-state index contributed by atoms with van der Waals surface area (Å²) in [4.78, 5) is 11.9. The van der Waals surface area contributed by atoms with E-state index in [4.69, 9.17) is 16.9 Å². The Bertz CT molecular complexity index is 520. The molecule has 2 N–H and O–H groups in total. The van der Waals surface area contributed by atoms with Crippen molar-refractivity contribution in [2.45, 2.75) is 37.3 Å². The Morgan fingerprint density at radius 1 is 1.53 bits per heavy atom. The Labute approximate surface area is 117 Å². The van der Waals surface area contributed by atoms with Crippen molar-refractivity contribution >= 4 is 17.5 Å². The van der Waals surface area contributed by atoms with Gasteiger partial charge < -0.3 is 10.4 Å². The molecular formula is C14H15ClN2O2. The lowest BCUT2D eigenvalue weighted by Crippen LogP contribution is -2.55. The molecule has 19 heavy (non-hydrogen) atoms. The fourth-order valence-electron chi connectivity index (χ4n) is 2.08. The molecule has 0 spiro atoms. The summed E-state index contributed by atoms with van der Waals surface area (Å²) in [6, 6.07) is 9.17. The average Bonchev–Trinajstić information content (AvgIpc) is 2.36. The van der Waals surface area contributed by atoms with Crippen molar-refractivity contribution in [2.24, 2.45) is 0 Å². The summed E-state index contributed by atoms with van der Waals surface area (Å²) in [6.45, 7) is 0. The zero-order valence-corrected chi connectivity index (χ0v) is 11.2. The van der Waals surface area contributed by atoms with E-state index in [9.17, 15) is 9.90 Å². The molecule has 1 aromatic carbocycles. The molecule has 0 unspecified atom stereocenters. The fraction of sp³-hybridized carbons (Fsp3) is 0.429. The van der Waals surface area contributed by atoms with Crippen LogP contribution < -0.4 is 5.32 Å². The second-order valence-corrected chi connectivity index (χ2v) is 5.26. The lowest BCUT2D eigenvalue weighted by Gasteiger charge is -2.36. The van der Waals surface area contributed by atoms with Gasteiger partial charge in [0.25, 0.3) is 0 Å². The molecule has 1 aliphatic rings. The molecule has 1 aliphatic carbocycles. The predicted molar refractivity (Wildman–Crippen MR) is 71.5 cm³/mol. The van der Waals surface area contributed by atoms with Crippen molar-refractivity contribution in [1.29, 1.82) is 5.26 Å². The Balaban J connectivity index is 1.97. The predicted octanol–water partition coefficient (Wildman–Crippen LogP) is 1.81. The van der Waals surface area contributed by atoms with E-state index in [0.717, 1.165) is 6.42 Å². The maximum Gasteiger partial charge on any atom is 0.250 e. The highest BCUT2D eigenvalue weighted by Crippen LogP contribution is 2.31. The van der Waals surface area contributed by atoms with Gasteiger partial charge in [0.1, 0.15) is 11.6 Å². The van der Waals surface area contributed by atoms with Gasteiger partial charge in [-0.2, -0.15) is 5.26 Å². The number of rotatable bonds is 4. The Kier molecular flexibility index (Phi) is 4.08. The minimum absolute atomic E-state index is 0.146. The summed E-state index contributed by atoms with van der Waals surface area (Å²) in [5, 5.41) is 22.1. The van der Waals surface area contributed by atoms with Crippen LogP contribution in [-0.2, 0) is 11.2 Å². The molecular weight excluding hydrogens is 264 g/mol. The first kappa shape index (κ1) is 13.9. The number of benzene rings is 1. The van der Waals surface area contributed by atoms with Crippen molar-refractivity contribution in [1.82, 2.24) is 5.32 Å². The van der Waals surface area contributed by atoms with E-state index in [2.05, 4.69) is 11.4 Å². The van der Waals surface area contributed by atoms with Crippen LogP contribution in [-0.4, -0.2) is 22.7 Å². The molecule has 1 atom stereocenters. The molecule has 0 bridgehead atoms. The largest absolute Gasteiger partial charge is 0.383 e. The molecule has 0 aliphatic heterocycles. The van der Waals surface area contributed by atoms with Gasteiger partial charge in [0, 0.05) is 11.4 Å². The summed E-state index contributed by atoms with van der Waals surface area (Å²) in [6.07, 6.45) is 1.18. The van der Waals surface area contributed by atoms with Crippen LogP contribution in [0.4, 0.5) is 0 Å². The van der Waals surface area contributed by atoms with Gasteiger partial charge in [-0.3, -0.25) is 4.79 Å². The second kappa shape index (κ2) is 5.60. The molecule has 1 fully saturated rings. The normalized spacial score (nSPS) is 17.9. The van der Waals surface area contributed by atoms with Crippen molar-refractivity contribution in [2.75, 3.05) is 0 Å². The SMILES string of the molecule is N#CC1(NC(=O)[C@H](O)Cc2ccccc2Cl)CCC1. The van der Waals surface area contributed by atoms with Gasteiger partial charge in [-0.25, -0.2) is 0 Å². The van der Waals surface area contributed by atoms with Gasteiger partial charge in [0.05, 0.1) is 6.07 Å². The summed E-state index contributed by atoms with van der Waals surface area (Å²) in [5.74, 6) is -0.513. The van der Waals surface area contributed by atoms with Crippen LogP contribution in [0.25, 0.3) is 0 Å². The molecule has 5 heteroatoms. The second-order valence-electron chi connectivity index (χ2n) is 4.85. The van der Waals surface area contributed by atoms with Crippen molar-refractivity contribution < 1.29 is 9.90 Å². The lowest BCUT2D eigenvalue weighted by atomic mass is 9.78. The first-order chi connectivity index (χ1) is 9.06. The number of halogens is 1. The van der Waals surface area contributed by atoms with Gasteiger partial charge >= 0.3 is 0 Å². The van der Waals surface area contributed by atoms with Gasteiger partial charge in [0.15, 0.2) is 0 Å². The number of aliphatic hydroxyl groups is 1. The Morgan fingerprint density at radius 2 is 2.21 bits per heavy atom. The fourth-order valence-corrected chi connectivity index (χ4v) is 2.29. The summed E-state index contributed by atoms with van der Waals surface area (Å²) in [5.41, 5.74) is -0.0649. The number of hydrogen-bond acceptors (Lipinski definition) is 3. The van der Waals surface area contributed by atoms with Gasteiger partial charge in [-0.15, -0.1) is 0 Å². The molecule has 1 amide bonds. The topological polar surface area (TPSA) is 73.1 Å².